The normalized spacial score (nSPS) is 21.0. The Morgan fingerprint density at radius 2 is 2.07 bits per heavy atom. The van der Waals surface area contributed by atoms with E-state index in [-0.39, 0.29) is 6.79 Å². The van der Waals surface area contributed by atoms with Gasteiger partial charge in [-0.15, -0.1) is 0 Å². The third kappa shape index (κ3) is 1.09. The van der Waals surface area contributed by atoms with E-state index in [1.165, 1.54) is 0 Å². The second-order valence-electron chi connectivity index (χ2n) is 3.72. The topological polar surface area (TPSA) is 38.7 Å². The standard InChI is InChI=1S/C10H9ClO3/c11-6-3-7(10(12)1-2-10)9-8(4-6)13-5-14-9/h3-4,12H,1-2,5H2. The van der Waals surface area contributed by atoms with Crippen molar-refractivity contribution in [1.82, 2.24) is 0 Å². The Hall–Kier alpha value is -0.930. The lowest BCUT2D eigenvalue weighted by molar-refractivity contribution is 0.140. The Morgan fingerprint density at radius 3 is 2.79 bits per heavy atom. The van der Waals surface area contributed by atoms with Crippen LogP contribution in [0, 0.1) is 0 Å². The number of halogens is 1. The highest BCUT2D eigenvalue weighted by atomic mass is 35.5. The van der Waals surface area contributed by atoms with Crippen molar-refractivity contribution in [1.29, 1.82) is 0 Å². The van der Waals surface area contributed by atoms with Crippen molar-refractivity contribution in [2.75, 3.05) is 6.79 Å². The molecular weight excluding hydrogens is 204 g/mol. The van der Waals surface area contributed by atoms with E-state index in [2.05, 4.69) is 0 Å². The molecule has 0 amide bonds. The molecule has 1 aliphatic carbocycles. The third-order valence-electron chi connectivity index (χ3n) is 2.66. The summed E-state index contributed by atoms with van der Waals surface area (Å²) in [6, 6.07) is 3.46. The van der Waals surface area contributed by atoms with Gasteiger partial charge < -0.3 is 14.6 Å². The molecule has 0 unspecified atom stereocenters. The first-order valence-electron chi connectivity index (χ1n) is 4.51. The lowest BCUT2D eigenvalue weighted by Gasteiger charge is -2.11. The highest BCUT2D eigenvalue weighted by Gasteiger charge is 2.46. The predicted molar refractivity (Wildman–Crippen MR) is 50.7 cm³/mol. The van der Waals surface area contributed by atoms with Gasteiger partial charge in [0.05, 0.1) is 5.60 Å². The van der Waals surface area contributed by atoms with Gasteiger partial charge in [-0.3, -0.25) is 0 Å². The maximum atomic E-state index is 9.99. The zero-order chi connectivity index (χ0) is 9.76. The molecule has 1 aromatic rings. The van der Waals surface area contributed by atoms with Crippen LogP contribution in [-0.2, 0) is 5.60 Å². The Labute approximate surface area is 86.2 Å². The number of ether oxygens (including phenoxy) is 2. The number of rotatable bonds is 1. The Balaban J connectivity index is 2.19. The van der Waals surface area contributed by atoms with Crippen LogP contribution in [0.4, 0.5) is 0 Å². The van der Waals surface area contributed by atoms with Gasteiger partial charge in [-0.05, 0) is 18.9 Å². The van der Waals surface area contributed by atoms with Gasteiger partial charge >= 0.3 is 0 Å². The number of benzene rings is 1. The van der Waals surface area contributed by atoms with Crippen molar-refractivity contribution in [3.63, 3.8) is 0 Å². The van der Waals surface area contributed by atoms with Crippen LogP contribution in [0.5, 0.6) is 11.5 Å². The molecule has 1 aliphatic heterocycles. The Bertz CT molecular complexity index is 399. The van der Waals surface area contributed by atoms with E-state index in [0.29, 0.717) is 16.5 Å². The molecule has 2 aliphatic rings. The molecule has 0 aromatic heterocycles. The Kier molecular flexibility index (Phi) is 1.53. The van der Waals surface area contributed by atoms with Gasteiger partial charge in [-0.2, -0.15) is 0 Å². The molecule has 14 heavy (non-hydrogen) atoms. The molecule has 4 heteroatoms. The van der Waals surface area contributed by atoms with Crippen LogP contribution >= 0.6 is 11.6 Å². The summed E-state index contributed by atoms with van der Waals surface area (Å²) in [7, 11) is 0. The first-order chi connectivity index (χ1) is 6.69. The average Bonchev–Trinajstić information content (AvgIpc) is 2.74. The largest absolute Gasteiger partial charge is 0.454 e. The maximum Gasteiger partial charge on any atom is 0.231 e. The summed E-state index contributed by atoms with van der Waals surface area (Å²) in [6.07, 6.45) is 1.53. The number of hydrogen-bond acceptors (Lipinski definition) is 3. The molecule has 3 nitrogen and oxygen atoms in total. The molecule has 0 bridgehead atoms. The average molecular weight is 213 g/mol. The fourth-order valence-corrected chi connectivity index (χ4v) is 1.92. The second kappa shape index (κ2) is 2.55. The zero-order valence-electron chi connectivity index (χ0n) is 7.42. The van der Waals surface area contributed by atoms with E-state index < -0.39 is 5.60 Å². The summed E-state index contributed by atoms with van der Waals surface area (Å²) in [5.41, 5.74) is 0.0281. The number of fused-ring (bicyclic) bond motifs is 1. The van der Waals surface area contributed by atoms with Gasteiger partial charge in [0.25, 0.3) is 0 Å². The zero-order valence-corrected chi connectivity index (χ0v) is 8.17. The van der Waals surface area contributed by atoms with Crippen LogP contribution in [0.15, 0.2) is 12.1 Å². The number of hydrogen-bond donors (Lipinski definition) is 1. The van der Waals surface area contributed by atoms with E-state index in [1.807, 2.05) is 0 Å². The van der Waals surface area contributed by atoms with Gasteiger partial charge in [0.15, 0.2) is 11.5 Å². The van der Waals surface area contributed by atoms with Crippen molar-refractivity contribution in [2.24, 2.45) is 0 Å². The van der Waals surface area contributed by atoms with Gasteiger partial charge in [-0.1, -0.05) is 11.6 Å². The smallest absolute Gasteiger partial charge is 0.231 e. The predicted octanol–water partition coefficient (Wildman–Crippen LogP) is 2.05. The summed E-state index contributed by atoms with van der Waals surface area (Å²) in [5, 5.41) is 10.6. The molecule has 1 N–H and O–H groups in total. The summed E-state index contributed by atoms with van der Waals surface area (Å²) in [4.78, 5) is 0. The molecule has 3 rings (SSSR count). The van der Waals surface area contributed by atoms with Crippen LogP contribution in [0.25, 0.3) is 0 Å². The minimum Gasteiger partial charge on any atom is -0.454 e. The lowest BCUT2D eigenvalue weighted by atomic mass is 10.1. The quantitative estimate of drug-likeness (QED) is 0.775. The van der Waals surface area contributed by atoms with Crippen LogP contribution in [0.1, 0.15) is 18.4 Å². The Morgan fingerprint density at radius 1 is 1.29 bits per heavy atom. The van der Waals surface area contributed by atoms with E-state index in [9.17, 15) is 5.11 Å². The molecule has 0 atom stereocenters. The second-order valence-corrected chi connectivity index (χ2v) is 4.16. The minimum atomic E-state index is -0.733. The van der Waals surface area contributed by atoms with Crippen molar-refractivity contribution < 1.29 is 14.6 Å². The van der Waals surface area contributed by atoms with E-state index >= 15 is 0 Å². The van der Waals surface area contributed by atoms with E-state index in [0.717, 1.165) is 18.4 Å². The van der Waals surface area contributed by atoms with Crippen LogP contribution in [-0.4, -0.2) is 11.9 Å². The molecular formula is C10H9ClO3. The SMILES string of the molecule is OC1(c2cc(Cl)cc3c2OCO3)CC1. The van der Waals surface area contributed by atoms with Crippen molar-refractivity contribution in [3.05, 3.63) is 22.7 Å². The molecule has 0 saturated heterocycles. The lowest BCUT2D eigenvalue weighted by Crippen LogP contribution is -2.05. The molecule has 1 aromatic carbocycles. The summed E-state index contributed by atoms with van der Waals surface area (Å²) in [5.74, 6) is 1.28. The first kappa shape index (κ1) is 8.38. The number of aliphatic hydroxyl groups is 1. The van der Waals surface area contributed by atoms with Gasteiger partial charge in [0, 0.05) is 16.7 Å². The molecule has 0 radical (unpaired) electrons. The van der Waals surface area contributed by atoms with E-state index in [4.69, 9.17) is 21.1 Å². The highest BCUT2D eigenvalue weighted by molar-refractivity contribution is 6.30. The maximum absolute atomic E-state index is 9.99. The van der Waals surface area contributed by atoms with Crippen molar-refractivity contribution in [2.45, 2.75) is 18.4 Å². The third-order valence-corrected chi connectivity index (χ3v) is 2.88. The fraction of sp³-hybridized carbons (Fsp3) is 0.400. The molecule has 74 valence electrons. The van der Waals surface area contributed by atoms with Crippen LogP contribution in [0.2, 0.25) is 5.02 Å². The molecule has 0 spiro atoms. The van der Waals surface area contributed by atoms with E-state index in [1.54, 1.807) is 12.1 Å². The molecule has 1 saturated carbocycles. The van der Waals surface area contributed by atoms with Crippen LogP contribution < -0.4 is 9.47 Å². The van der Waals surface area contributed by atoms with Crippen molar-refractivity contribution >= 4 is 11.6 Å². The van der Waals surface area contributed by atoms with Gasteiger partial charge in [0.1, 0.15) is 0 Å². The van der Waals surface area contributed by atoms with Gasteiger partial charge in [-0.25, -0.2) is 0 Å². The van der Waals surface area contributed by atoms with Crippen molar-refractivity contribution in [3.8, 4) is 11.5 Å². The summed E-state index contributed by atoms with van der Waals surface area (Å²) < 4.78 is 10.5. The molecule has 1 fully saturated rings. The fourth-order valence-electron chi connectivity index (χ4n) is 1.71. The molecule has 1 heterocycles. The van der Waals surface area contributed by atoms with Crippen LogP contribution in [0.3, 0.4) is 0 Å². The van der Waals surface area contributed by atoms with Gasteiger partial charge in [0.2, 0.25) is 6.79 Å². The summed E-state index contributed by atoms with van der Waals surface area (Å²) >= 11 is 5.92. The monoisotopic (exact) mass is 212 g/mol. The minimum absolute atomic E-state index is 0.207. The highest BCUT2D eigenvalue weighted by Crippen LogP contribution is 2.53. The summed E-state index contributed by atoms with van der Waals surface area (Å²) in [6.45, 7) is 0.207. The first-order valence-corrected chi connectivity index (χ1v) is 4.89.